The minimum absolute atomic E-state index is 0.367. The normalized spacial score (nSPS) is 47.2. The number of alkyl halides is 1. The van der Waals surface area contributed by atoms with Crippen LogP contribution in [0.5, 0.6) is 0 Å². The standard InChI is InChI=1S/C16H27ClO/c1-11-7-12(2)9-13(8-11)18-15-10-14(17)16(15)5-3-4-6-16/h11-15H,3-10H2,1-2H3. The summed E-state index contributed by atoms with van der Waals surface area (Å²) >= 11 is 6.50. The van der Waals surface area contributed by atoms with Crippen molar-refractivity contribution < 1.29 is 4.74 Å². The Hall–Kier alpha value is 0.250. The van der Waals surface area contributed by atoms with Crippen LogP contribution < -0.4 is 0 Å². The Labute approximate surface area is 117 Å². The Balaban J connectivity index is 1.60. The van der Waals surface area contributed by atoms with Crippen LogP contribution in [0, 0.1) is 17.3 Å². The molecule has 0 aromatic heterocycles. The van der Waals surface area contributed by atoms with Crippen LogP contribution in [-0.2, 0) is 4.74 Å². The van der Waals surface area contributed by atoms with E-state index in [-0.39, 0.29) is 0 Å². The summed E-state index contributed by atoms with van der Waals surface area (Å²) in [6.45, 7) is 4.75. The van der Waals surface area contributed by atoms with Crippen molar-refractivity contribution in [2.75, 3.05) is 0 Å². The van der Waals surface area contributed by atoms with E-state index < -0.39 is 0 Å². The highest BCUT2D eigenvalue weighted by atomic mass is 35.5. The van der Waals surface area contributed by atoms with Crippen LogP contribution >= 0.6 is 11.6 Å². The van der Waals surface area contributed by atoms with Gasteiger partial charge in [0, 0.05) is 10.8 Å². The smallest absolute Gasteiger partial charge is 0.0663 e. The number of hydrogen-bond donors (Lipinski definition) is 0. The maximum atomic E-state index is 6.50. The van der Waals surface area contributed by atoms with Crippen molar-refractivity contribution in [3.63, 3.8) is 0 Å². The molecule has 1 spiro atoms. The van der Waals surface area contributed by atoms with Gasteiger partial charge in [-0.3, -0.25) is 0 Å². The minimum Gasteiger partial charge on any atom is -0.374 e. The van der Waals surface area contributed by atoms with E-state index in [2.05, 4.69) is 13.8 Å². The van der Waals surface area contributed by atoms with Gasteiger partial charge in [-0.1, -0.05) is 26.7 Å². The van der Waals surface area contributed by atoms with Gasteiger partial charge in [0.15, 0.2) is 0 Å². The first kappa shape index (κ1) is 13.2. The molecule has 18 heavy (non-hydrogen) atoms. The van der Waals surface area contributed by atoms with Crippen molar-refractivity contribution in [1.82, 2.24) is 0 Å². The molecule has 2 heteroatoms. The fourth-order valence-corrected chi connectivity index (χ4v) is 5.30. The third-order valence-corrected chi connectivity index (χ3v) is 6.33. The van der Waals surface area contributed by atoms with Gasteiger partial charge in [-0.25, -0.2) is 0 Å². The van der Waals surface area contributed by atoms with Gasteiger partial charge < -0.3 is 4.74 Å². The van der Waals surface area contributed by atoms with E-state index in [0.29, 0.717) is 23.0 Å². The van der Waals surface area contributed by atoms with Crippen LogP contribution in [0.25, 0.3) is 0 Å². The highest BCUT2D eigenvalue weighted by Crippen LogP contribution is 2.57. The zero-order chi connectivity index (χ0) is 12.8. The number of rotatable bonds is 2. The molecule has 0 heterocycles. The first-order chi connectivity index (χ1) is 8.60. The Kier molecular flexibility index (Phi) is 3.66. The summed E-state index contributed by atoms with van der Waals surface area (Å²) in [5.41, 5.74) is 0.367. The second-order valence-electron chi connectivity index (χ2n) is 7.31. The lowest BCUT2D eigenvalue weighted by Crippen LogP contribution is -2.55. The summed E-state index contributed by atoms with van der Waals surface area (Å²) in [4.78, 5) is 0. The zero-order valence-corrected chi connectivity index (χ0v) is 12.6. The lowest BCUT2D eigenvalue weighted by Gasteiger charge is -2.53. The van der Waals surface area contributed by atoms with Crippen molar-refractivity contribution in [2.45, 2.75) is 82.8 Å². The molecule has 0 bridgehead atoms. The predicted molar refractivity (Wildman–Crippen MR) is 76.0 cm³/mol. The lowest BCUT2D eigenvalue weighted by molar-refractivity contribution is -0.151. The monoisotopic (exact) mass is 270 g/mol. The summed E-state index contributed by atoms with van der Waals surface area (Å²) < 4.78 is 6.49. The molecule has 3 fully saturated rings. The summed E-state index contributed by atoms with van der Waals surface area (Å²) in [5, 5.41) is 0.392. The average Bonchev–Trinajstić information content (AvgIpc) is 2.79. The van der Waals surface area contributed by atoms with Gasteiger partial charge >= 0.3 is 0 Å². The molecule has 3 rings (SSSR count). The lowest BCUT2D eigenvalue weighted by atomic mass is 9.64. The Morgan fingerprint density at radius 2 is 1.56 bits per heavy atom. The van der Waals surface area contributed by atoms with E-state index in [0.717, 1.165) is 18.3 Å². The first-order valence-corrected chi connectivity index (χ1v) is 8.33. The summed E-state index contributed by atoms with van der Waals surface area (Å²) in [6, 6.07) is 0. The van der Waals surface area contributed by atoms with E-state index in [1.54, 1.807) is 0 Å². The number of halogens is 1. The van der Waals surface area contributed by atoms with Gasteiger partial charge in [0.05, 0.1) is 12.2 Å². The van der Waals surface area contributed by atoms with Gasteiger partial charge in [-0.2, -0.15) is 0 Å². The molecule has 0 saturated heterocycles. The Morgan fingerprint density at radius 1 is 0.944 bits per heavy atom. The van der Waals surface area contributed by atoms with Gasteiger partial charge in [0.25, 0.3) is 0 Å². The van der Waals surface area contributed by atoms with Gasteiger partial charge in [0.2, 0.25) is 0 Å². The molecule has 3 aliphatic rings. The highest BCUT2D eigenvalue weighted by Gasteiger charge is 2.56. The van der Waals surface area contributed by atoms with Crippen LogP contribution in [0.3, 0.4) is 0 Å². The van der Waals surface area contributed by atoms with Gasteiger partial charge in [0.1, 0.15) is 0 Å². The van der Waals surface area contributed by atoms with Gasteiger partial charge in [-0.05, 0) is 50.4 Å². The number of ether oxygens (including phenoxy) is 1. The van der Waals surface area contributed by atoms with E-state index in [9.17, 15) is 0 Å². The first-order valence-electron chi connectivity index (χ1n) is 7.89. The molecule has 0 N–H and O–H groups in total. The van der Waals surface area contributed by atoms with Crippen LogP contribution in [0.4, 0.5) is 0 Å². The largest absolute Gasteiger partial charge is 0.374 e. The topological polar surface area (TPSA) is 9.23 Å². The minimum atomic E-state index is 0.367. The SMILES string of the molecule is CC1CC(C)CC(OC2CC(Cl)C23CCCC3)C1. The van der Waals surface area contributed by atoms with Crippen molar-refractivity contribution in [1.29, 1.82) is 0 Å². The quantitative estimate of drug-likeness (QED) is 0.657. The maximum absolute atomic E-state index is 6.50. The molecule has 0 aromatic rings. The van der Waals surface area contributed by atoms with Crippen LogP contribution in [0.15, 0.2) is 0 Å². The molecule has 104 valence electrons. The fraction of sp³-hybridized carbons (Fsp3) is 1.00. The summed E-state index contributed by atoms with van der Waals surface area (Å²) in [7, 11) is 0. The third kappa shape index (κ3) is 2.22. The zero-order valence-electron chi connectivity index (χ0n) is 11.8. The molecule has 1 nitrogen and oxygen atoms in total. The van der Waals surface area contributed by atoms with E-state index in [1.165, 1.54) is 44.9 Å². The Morgan fingerprint density at radius 3 is 2.11 bits per heavy atom. The molecule has 0 aromatic carbocycles. The van der Waals surface area contributed by atoms with Crippen LogP contribution in [0.1, 0.15) is 65.2 Å². The molecule has 4 atom stereocenters. The van der Waals surface area contributed by atoms with Crippen molar-refractivity contribution in [3.05, 3.63) is 0 Å². The molecule has 3 aliphatic carbocycles. The third-order valence-electron chi connectivity index (χ3n) is 5.71. The summed E-state index contributed by atoms with van der Waals surface area (Å²) in [6.07, 6.45) is 11.3. The second-order valence-corrected chi connectivity index (χ2v) is 7.83. The van der Waals surface area contributed by atoms with Crippen LogP contribution in [0.2, 0.25) is 0 Å². The predicted octanol–water partition coefficient (Wildman–Crippen LogP) is 4.77. The molecular weight excluding hydrogens is 244 g/mol. The molecule has 3 saturated carbocycles. The molecule has 0 radical (unpaired) electrons. The molecular formula is C16H27ClO. The van der Waals surface area contributed by atoms with Crippen molar-refractivity contribution in [3.8, 4) is 0 Å². The molecule has 4 unspecified atom stereocenters. The molecule has 0 amide bonds. The van der Waals surface area contributed by atoms with E-state index in [1.807, 2.05) is 0 Å². The average molecular weight is 271 g/mol. The van der Waals surface area contributed by atoms with Crippen LogP contribution in [-0.4, -0.2) is 17.6 Å². The fourth-order valence-electron chi connectivity index (χ4n) is 4.77. The second kappa shape index (κ2) is 4.98. The van der Waals surface area contributed by atoms with Gasteiger partial charge in [-0.15, -0.1) is 11.6 Å². The Bertz CT molecular complexity index is 287. The van der Waals surface area contributed by atoms with E-state index in [4.69, 9.17) is 16.3 Å². The van der Waals surface area contributed by atoms with Crippen molar-refractivity contribution >= 4 is 11.6 Å². The number of hydrogen-bond acceptors (Lipinski definition) is 1. The van der Waals surface area contributed by atoms with E-state index >= 15 is 0 Å². The summed E-state index contributed by atoms with van der Waals surface area (Å²) in [5.74, 6) is 1.68. The molecule has 0 aliphatic heterocycles. The highest BCUT2D eigenvalue weighted by molar-refractivity contribution is 6.21. The van der Waals surface area contributed by atoms with Crippen molar-refractivity contribution in [2.24, 2.45) is 17.3 Å². The maximum Gasteiger partial charge on any atom is 0.0663 e.